The van der Waals surface area contributed by atoms with Crippen LogP contribution in [0.25, 0.3) is 0 Å². The molecule has 1 fully saturated rings. The minimum absolute atomic E-state index is 0.0374. The van der Waals surface area contributed by atoms with Crippen LogP contribution in [0.5, 0.6) is 11.5 Å². The van der Waals surface area contributed by atoms with Gasteiger partial charge >= 0.3 is 0 Å². The van der Waals surface area contributed by atoms with E-state index in [0.29, 0.717) is 56.6 Å². The van der Waals surface area contributed by atoms with Crippen LogP contribution in [0, 0.1) is 0 Å². The topological polar surface area (TPSA) is 94.2 Å². The number of hydrogen-bond donors (Lipinski definition) is 1. The maximum absolute atomic E-state index is 13.0. The van der Waals surface area contributed by atoms with E-state index < -0.39 is 10.0 Å². The van der Waals surface area contributed by atoms with Crippen LogP contribution in [0.15, 0.2) is 47.4 Å². The molecule has 154 valence electrons. The monoisotopic (exact) mass is 418 g/mol. The Labute approximate surface area is 169 Å². The van der Waals surface area contributed by atoms with Gasteiger partial charge in [-0.25, -0.2) is 8.42 Å². The standard InChI is InChI=1S/C20H22N2O6S/c23-20(22-8-12-26-13-9-22)16-4-1-2-5-17(16)21-29(24,25)15-6-7-18-19(14-15)28-11-3-10-27-18/h1-2,4-7,14,21H,3,8-13H2. The summed E-state index contributed by atoms with van der Waals surface area (Å²) in [6.07, 6.45) is 0.728. The predicted octanol–water partition coefficient (Wildman–Crippen LogP) is 2.12. The first-order chi connectivity index (χ1) is 14.0. The molecule has 0 saturated carbocycles. The fraction of sp³-hybridized carbons (Fsp3) is 0.350. The number of rotatable bonds is 4. The second kappa shape index (κ2) is 8.30. The molecule has 0 aliphatic carbocycles. The summed E-state index contributed by atoms with van der Waals surface area (Å²) in [4.78, 5) is 14.6. The number of ether oxygens (including phenoxy) is 3. The van der Waals surface area contributed by atoms with E-state index >= 15 is 0 Å². The van der Waals surface area contributed by atoms with Crippen LogP contribution in [-0.4, -0.2) is 58.7 Å². The number of nitrogens with zero attached hydrogens (tertiary/aromatic N) is 1. The van der Waals surface area contributed by atoms with Crippen molar-refractivity contribution in [2.45, 2.75) is 11.3 Å². The Morgan fingerprint density at radius 3 is 2.45 bits per heavy atom. The Kier molecular flexibility index (Phi) is 5.59. The van der Waals surface area contributed by atoms with Gasteiger partial charge in [-0.15, -0.1) is 0 Å². The van der Waals surface area contributed by atoms with E-state index in [2.05, 4.69) is 4.72 Å². The zero-order chi connectivity index (χ0) is 20.3. The lowest BCUT2D eigenvalue weighted by Gasteiger charge is -2.27. The molecule has 2 aromatic carbocycles. The van der Waals surface area contributed by atoms with Crippen molar-refractivity contribution in [1.82, 2.24) is 4.90 Å². The first-order valence-electron chi connectivity index (χ1n) is 9.43. The third-order valence-electron chi connectivity index (χ3n) is 4.73. The Morgan fingerprint density at radius 2 is 1.66 bits per heavy atom. The largest absolute Gasteiger partial charge is 0.490 e. The zero-order valence-electron chi connectivity index (χ0n) is 15.8. The molecule has 2 aliphatic rings. The molecule has 9 heteroatoms. The molecule has 0 unspecified atom stereocenters. The summed E-state index contributed by atoms with van der Waals surface area (Å²) in [5, 5.41) is 0. The molecular weight excluding hydrogens is 396 g/mol. The van der Waals surface area contributed by atoms with Crippen molar-refractivity contribution in [1.29, 1.82) is 0 Å². The second-order valence-corrected chi connectivity index (χ2v) is 8.40. The van der Waals surface area contributed by atoms with Gasteiger partial charge in [0.1, 0.15) is 0 Å². The molecule has 0 atom stereocenters. The third kappa shape index (κ3) is 4.30. The average molecular weight is 418 g/mol. The van der Waals surface area contributed by atoms with Crippen LogP contribution in [0.3, 0.4) is 0 Å². The fourth-order valence-corrected chi connectivity index (χ4v) is 4.30. The second-order valence-electron chi connectivity index (χ2n) is 6.71. The highest BCUT2D eigenvalue weighted by atomic mass is 32.2. The third-order valence-corrected chi connectivity index (χ3v) is 6.09. The van der Waals surface area contributed by atoms with Crippen molar-refractivity contribution in [2.24, 2.45) is 0 Å². The van der Waals surface area contributed by atoms with Gasteiger partial charge in [0, 0.05) is 25.6 Å². The molecule has 0 radical (unpaired) electrons. The molecule has 1 N–H and O–H groups in total. The van der Waals surface area contributed by atoms with E-state index in [1.54, 1.807) is 35.2 Å². The lowest BCUT2D eigenvalue weighted by atomic mass is 10.1. The Hall–Kier alpha value is -2.78. The molecule has 8 nitrogen and oxygen atoms in total. The van der Waals surface area contributed by atoms with Crippen molar-refractivity contribution in [3.63, 3.8) is 0 Å². The summed E-state index contributed by atoms with van der Waals surface area (Å²) in [6, 6.07) is 11.1. The Bertz CT molecular complexity index is 1000. The van der Waals surface area contributed by atoms with Gasteiger partial charge in [0.25, 0.3) is 15.9 Å². The smallest absolute Gasteiger partial charge is 0.262 e. The lowest BCUT2D eigenvalue weighted by molar-refractivity contribution is 0.0303. The number of sulfonamides is 1. The van der Waals surface area contributed by atoms with Crippen molar-refractivity contribution < 1.29 is 27.4 Å². The number of hydrogen-bond acceptors (Lipinski definition) is 6. The highest BCUT2D eigenvalue weighted by Gasteiger charge is 2.24. The van der Waals surface area contributed by atoms with Crippen LogP contribution >= 0.6 is 0 Å². The number of fused-ring (bicyclic) bond motifs is 1. The van der Waals surface area contributed by atoms with E-state index in [9.17, 15) is 13.2 Å². The van der Waals surface area contributed by atoms with Gasteiger partial charge in [-0.2, -0.15) is 0 Å². The van der Waals surface area contributed by atoms with Gasteiger partial charge in [-0.05, 0) is 24.3 Å². The number of nitrogens with one attached hydrogen (secondary N) is 1. The summed E-state index contributed by atoms with van der Waals surface area (Å²) in [5.74, 6) is 0.678. The van der Waals surface area contributed by atoms with E-state index in [1.807, 2.05) is 0 Å². The number of carbonyl (C=O) groups excluding carboxylic acids is 1. The maximum atomic E-state index is 13.0. The number of carbonyl (C=O) groups is 1. The molecule has 2 heterocycles. The lowest BCUT2D eigenvalue weighted by Crippen LogP contribution is -2.41. The number of amides is 1. The van der Waals surface area contributed by atoms with Gasteiger partial charge in [0.2, 0.25) is 0 Å². The molecule has 29 heavy (non-hydrogen) atoms. The average Bonchev–Trinajstić information content (AvgIpc) is 2.99. The van der Waals surface area contributed by atoms with Crippen LogP contribution in [-0.2, 0) is 14.8 Å². The van der Waals surface area contributed by atoms with Gasteiger partial charge in [0.15, 0.2) is 11.5 Å². The number of morpholine rings is 1. The molecule has 0 spiro atoms. The van der Waals surface area contributed by atoms with Crippen LogP contribution in [0.1, 0.15) is 16.8 Å². The SMILES string of the molecule is O=C(c1ccccc1NS(=O)(=O)c1ccc2c(c1)OCCCO2)N1CCOCC1. The van der Waals surface area contributed by atoms with Gasteiger partial charge in [0.05, 0.1) is 42.6 Å². The molecule has 0 aromatic heterocycles. The molecule has 2 aromatic rings. The zero-order valence-corrected chi connectivity index (χ0v) is 16.6. The summed E-state index contributed by atoms with van der Waals surface area (Å²) in [6.45, 7) is 2.87. The normalized spacial score (nSPS) is 16.8. The molecule has 1 saturated heterocycles. The summed E-state index contributed by atoms with van der Waals surface area (Å²) in [5.41, 5.74) is 0.531. The minimum Gasteiger partial charge on any atom is -0.490 e. The molecule has 1 amide bonds. The van der Waals surface area contributed by atoms with E-state index in [1.165, 1.54) is 12.1 Å². The fourth-order valence-electron chi connectivity index (χ4n) is 3.21. The summed E-state index contributed by atoms with van der Waals surface area (Å²) >= 11 is 0. The van der Waals surface area contributed by atoms with Crippen LogP contribution < -0.4 is 14.2 Å². The highest BCUT2D eigenvalue weighted by Crippen LogP contribution is 2.32. The van der Waals surface area contributed by atoms with Crippen LogP contribution in [0.4, 0.5) is 5.69 Å². The number of benzene rings is 2. The van der Waals surface area contributed by atoms with Crippen molar-refractivity contribution >= 4 is 21.6 Å². The van der Waals surface area contributed by atoms with E-state index in [0.717, 1.165) is 6.42 Å². The molecular formula is C20H22N2O6S. The minimum atomic E-state index is -3.93. The summed E-state index contributed by atoms with van der Waals surface area (Å²) < 4.78 is 44.9. The first-order valence-corrected chi connectivity index (χ1v) is 10.9. The maximum Gasteiger partial charge on any atom is 0.262 e. The van der Waals surface area contributed by atoms with Gasteiger partial charge in [-0.3, -0.25) is 9.52 Å². The molecule has 4 rings (SSSR count). The van der Waals surface area contributed by atoms with E-state index in [-0.39, 0.29) is 16.5 Å². The summed E-state index contributed by atoms with van der Waals surface area (Å²) in [7, 11) is -3.93. The number of para-hydroxylation sites is 1. The van der Waals surface area contributed by atoms with Crippen molar-refractivity contribution in [3.8, 4) is 11.5 Å². The predicted molar refractivity (Wildman–Crippen MR) is 106 cm³/mol. The number of anilines is 1. The highest BCUT2D eigenvalue weighted by molar-refractivity contribution is 7.92. The Balaban J connectivity index is 1.60. The van der Waals surface area contributed by atoms with E-state index in [4.69, 9.17) is 14.2 Å². The molecule has 2 aliphatic heterocycles. The molecule has 0 bridgehead atoms. The van der Waals surface area contributed by atoms with Crippen molar-refractivity contribution in [3.05, 3.63) is 48.0 Å². The Morgan fingerprint density at radius 1 is 0.931 bits per heavy atom. The van der Waals surface area contributed by atoms with Gasteiger partial charge in [-0.1, -0.05) is 12.1 Å². The quantitative estimate of drug-likeness (QED) is 0.818. The van der Waals surface area contributed by atoms with Crippen LogP contribution in [0.2, 0.25) is 0 Å². The first kappa shape index (κ1) is 19.5. The van der Waals surface area contributed by atoms with Crippen molar-refractivity contribution in [2.75, 3.05) is 44.2 Å². The van der Waals surface area contributed by atoms with Gasteiger partial charge < -0.3 is 19.1 Å².